The summed E-state index contributed by atoms with van der Waals surface area (Å²) < 4.78 is 11.3. The van der Waals surface area contributed by atoms with Crippen LogP contribution in [0.25, 0.3) is 12.2 Å². The van der Waals surface area contributed by atoms with Crippen molar-refractivity contribution < 1.29 is 9.47 Å². The van der Waals surface area contributed by atoms with Gasteiger partial charge in [-0.05, 0) is 42.9 Å². The lowest BCUT2D eigenvalue weighted by molar-refractivity contribution is 0.0745. The van der Waals surface area contributed by atoms with E-state index in [9.17, 15) is 4.79 Å². The number of aromatic nitrogens is 1. The quantitative estimate of drug-likeness (QED) is 0.805. The van der Waals surface area contributed by atoms with Crippen LogP contribution in [0.15, 0.2) is 22.7 Å². The van der Waals surface area contributed by atoms with Crippen molar-refractivity contribution in [2.75, 3.05) is 13.7 Å². The van der Waals surface area contributed by atoms with Crippen molar-refractivity contribution in [1.29, 1.82) is 0 Å². The van der Waals surface area contributed by atoms with Crippen LogP contribution in [0.4, 0.5) is 0 Å². The predicted molar refractivity (Wildman–Crippen MR) is 84.3 cm³/mol. The van der Waals surface area contributed by atoms with Gasteiger partial charge in [0.1, 0.15) is 11.9 Å². The number of hydrogen-bond acceptors (Lipinski definition) is 3. The zero-order chi connectivity index (χ0) is 15.2. The number of hydrogen-bond donors (Lipinski definition) is 1. The van der Waals surface area contributed by atoms with Crippen LogP contribution < -0.4 is 16.1 Å². The fourth-order valence-corrected chi connectivity index (χ4v) is 2.32. The first-order valence-electron chi connectivity index (χ1n) is 7.45. The van der Waals surface area contributed by atoms with Crippen molar-refractivity contribution in [2.24, 2.45) is 0 Å². The molecule has 0 fully saturated rings. The molecule has 1 unspecified atom stereocenters. The van der Waals surface area contributed by atoms with Gasteiger partial charge in [-0.2, -0.15) is 0 Å². The molecule has 0 spiro atoms. The summed E-state index contributed by atoms with van der Waals surface area (Å²) in [6.45, 7) is 4.65. The van der Waals surface area contributed by atoms with Gasteiger partial charge in [0.25, 0.3) is 5.56 Å². The highest BCUT2D eigenvalue weighted by Gasteiger charge is 2.14. The highest BCUT2D eigenvalue weighted by molar-refractivity contribution is 5.48. The minimum absolute atomic E-state index is 0.0657. The molecular weight excluding hydrogens is 266 g/mol. The van der Waals surface area contributed by atoms with Crippen LogP contribution in [-0.2, 0) is 9.47 Å². The Morgan fingerprint density at radius 1 is 1.29 bits per heavy atom. The van der Waals surface area contributed by atoms with Gasteiger partial charge in [-0.25, -0.2) is 0 Å². The van der Waals surface area contributed by atoms with Crippen LogP contribution in [0.1, 0.15) is 31.7 Å². The molecule has 4 nitrogen and oxygen atoms in total. The minimum atomic E-state index is -0.261. The van der Waals surface area contributed by atoms with E-state index in [4.69, 9.17) is 9.47 Å². The summed E-state index contributed by atoms with van der Waals surface area (Å²) in [4.78, 5) is 14.7. The van der Waals surface area contributed by atoms with Crippen molar-refractivity contribution in [2.45, 2.75) is 39.2 Å². The molecule has 1 aromatic heterocycles. The standard InChI is InChI=1S/C17H23NO3/c1-4-5-6-9-21-16-11-14-13(7-8-15(16)20-3)10-12(2)17(19)18-14/h7-8,10-11,16H,4-6,9H2,1-3H3,(H,18,19). The van der Waals surface area contributed by atoms with Gasteiger partial charge in [0.15, 0.2) is 0 Å². The third-order valence-electron chi connectivity index (χ3n) is 3.60. The van der Waals surface area contributed by atoms with Crippen LogP contribution in [0, 0.1) is 6.92 Å². The van der Waals surface area contributed by atoms with Crippen molar-refractivity contribution in [1.82, 2.24) is 4.98 Å². The van der Waals surface area contributed by atoms with Gasteiger partial charge >= 0.3 is 0 Å². The smallest absolute Gasteiger partial charge is 0.251 e. The SMILES string of the molecule is CCCCCOC1C=c2[nH]c(=O)c(C)cc2=CC=C1OC. The maximum Gasteiger partial charge on any atom is 0.251 e. The van der Waals surface area contributed by atoms with Crippen molar-refractivity contribution in [3.05, 3.63) is 44.4 Å². The summed E-state index contributed by atoms with van der Waals surface area (Å²) in [7, 11) is 1.64. The lowest BCUT2D eigenvalue weighted by Crippen LogP contribution is -2.36. The van der Waals surface area contributed by atoms with Crippen molar-refractivity contribution in [3.8, 4) is 0 Å². The molecule has 1 aliphatic carbocycles. The van der Waals surface area contributed by atoms with E-state index < -0.39 is 0 Å². The second-order valence-electron chi connectivity index (χ2n) is 5.26. The molecule has 0 aliphatic heterocycles. The molecule has 1 aliphatic rings. The molecule has 4 heteroatoms. The van der Waals surface area contributed by atoms with Gasteiger partial charge in [-0.1, -0.05) is 19.8 Å². The molecule has 0 amide bonds. The molecule has 114 valence electrons. The maximum atomic E-state index is 11.8. The number of rotatable bonds is 6. The number of methoxy groups -OCH3 is 1. The number of allylic oxidation sites excluding steroid dienone is 1. The number of ether oxygens (including phenoxy) is 2. The second kappa shape index (κ2) is 7.27. The van der Waals surface area contributed by atoms with Gasteiger partial charge in [-0.15, -0.1) is 0 Å². The van der Waals surface area contributed by atoms with Gasteiger partial charge in [0.05, 0.1) is 7.11 Å². The van der Waals surface area contributed by atoms with Crippen LogP contribution in [-0.4, -0.2) is 24.8 Å². The molecule has 0 saturated heterocycles. The largest absolute Gasteiger partial charge is 0.498 e. The van der Waals surface area contributed by atoms with E-state index in [0.717, 1.165) is 35.6 Å². The van der Waals surface area contributed by atoms with E-state index >= 15 is 0 Å². The van der Waals surface area contributed by atoms with Crippen LogP contribution in [0.2, 0.25) is 0 Å². The highest BCUT2D eigenvalue weighted by Crippen LogP contribution is 2.12. The Bertz CT molecular complexity index is 685. The summed E-state index contributed by atoms with van der Waals surface area (Å²) >= 11 is 0. The number of nitrogens with one attached hydrogen (secondary N) is 1. The van der Waals surface area contributed by atoms with Gasteiger partial charge in [-0.3, -0.25) is 4.79 Å². The molecule has 1 N–H and O–H groups in total. The molecule has 0 radical (unpaired) electrons. The minimum Gasteiger partial charge on any atom is -0.498 e. The molecule has 21 heavy (non-hydrogen) atoms. The monoisotopic (exact) mass is 289 g/mol. The number of aryl methyl sites for hydroxylation is 1. The van der Waals surface area contributed by atoms with E-state index in [-0.39, 0.29) is 11.7 Å². The van der Waals surface area contributed by atoms with Crippen LogP contribution in [0.3, 0.4) is 0 Å². The normalized spacial score (nSPS) is 17.1. The molecule has 1 atom stereocenters. The maximum absolute atomic E-state index is 11.8. The van der Waals surface area contributed by atoms with E-state index in [0.29, 0.717) is 12.2 Å². The highest BCUT2D eigenvalue weighted by atomic mass is 16.5. The number of unbranched alkanes of at least 4 members (excludes halogenated alkanes) is 2. The number of aromatic amines is 1. The predicted octanol–water partition coefficient (Wildman–Crippen LogP) is 1.36. The molecular formula is C17H23NO3. The van der Waals surface area contributed by atoms with E-state index in [1.165, 1.54) is 0 Å². The molecule has 0 saturated carbocycles. The molecule has 0 aromatic carbocycles. The molecule has 2 rings (SSSR count). The molecule has 1 aromatic rings. The molecule has 1 heterocycles. The first kappa shape index (κ1) is 15.6. The first-order chi connectivity index (χ1) is 10.2. The Kier molecular flexibility index (Phi) is 5.39. The summed E-state index contributed by atoms with van der Waals surface area (Å²) in [5.41, 5.74) is 0.636. The number of fused-ring (bicyclic) bond motifs is 1. The zero-order valence-corrected chi connectivity index (χ0v) is 12.9. The Morgan fingerprint density at radius 3 is 2.81 bits per heavy atom. The van der Waals surface area contributed by atoms with E-state index in [1.807, 2.05) is 24.3 Å². The Morgan fingerprint density at radius 2 is 2.10 bits per heavy atom. The van der Waals surface area contributed by atoms with Gasteiger partial charge in [0.2, 0.25) is 0 Å². The fraction of sp³-hybridized carbons (Fsp3) is 0.471. The fourth-order valence-electron chi connectivity index (χ4n) is 2.32. The van der Waals surface area contributed by atoms with Crippen LogP contribution >= 0.6 is 0 Å². The third-order valence-corrected chi connectivity index (χ3v) is 3.60. The first-order valence-corrected chi connectivity index (χ1v) is 7.45. The lowest BCUT2D eigenvalue weighted by atomic mass is 10.2. The number of H-pyrrole nitrogens is 1. The Balaban J connectivity index is 2.32. The topological polar surface area (TPSA) is 51.3 Å². The Hall–Kier alpha value is -1.81. The second-order valence-corrected chi connectivity index (χ2v) is 5.26. The van der Waals surface area contributed by atoms with E-state index in [2.05, 4.69) is 11.9 Å². The van der Waals surface area contributed by atoms with Crippen molar-refractivity contribution in [3.63, 3.8) is 0 Å². The van der Waals surface area contributed by atoms with Gasteiger partial charge < -0.3 is 14.5 Å². The Labute approximate surface area is 124 Å². The lowest BCUT2D eigenvalue weighted by Gasteiger charge is -2.16. The van der Waals surface area contributed by atoms with Gasteiger partial charge in [0, 0.05) is 17.5 Å². The summed E-state index contributed by atoms with van der Waals surface area (Å²) in [5.74, 6) is 0.751. The third kappa shape index (κ3) is 3.85. The zero-order valence-electron chi connectivity index (χ0n) is 12.9. The van der Waals surface area contributed by atoms with Crippen LogP contribution in [0.5, 0.6) is 0 Å². The summed E-state index contributed by atoms with van der Waals surface area (Å²) in [5, 5.41) is 1.76. The summed E-state index contributed by atoms with van der Waals surface area (Å²) in [6.07, 6.45) is 8.85. The summed E-state index contributed by atoms with van der Waals surface area (Å²) in [6, 6.07) is 1.88. The van der Waals surface area contributed by atoms with E-state index in [1.54, 1.807) is 14.0 Å². The average molecular weight is 289 g/mol. The molecule has 0 bridgehead atoms. The van der Waals surface area contributed by atoms with Crippen molar-refractivity contribution >= 4 is 12.2 Å². The average Bonchev–Trinajstić information content (AvgIpc) is 2.63. The number of pyridine rings is 1.